The number of pyridine rings is 2. The number of non-ortho nitro benzene ring substituents is 1. The van der Waals surface area contributed by atoms with E-state index < -0.39 is 4.92 Å². The molecule has 0 unspecified atom stereocenters. The summed E-state index contributed by atoms with van der Waals surface area (Å²) in [6.45, 7) is 0.534. The Morgan fingerprint density at radius 1 is 0.970 bits per heavy atom. The van der Waals surface area contributed by atoms with Gasteiger partial charge in [0.1, 0.15) is 0 Å². The molecule has 2 atom stereocenters. The van der Waals surface area contributed by atoms with Gasteiger partial charge < -0.3 is 14.8 Å². The Morgan fingerprint density at radius 2 is 1.73 bits per heavy atom. The molecule has 9 heteroatoms. The molecule has 4 aromatic rings. The van der Waals surface area contributed by atoms with E-state index in [9.17, 15) is 10.1 Å². The van der Waals surface area contributed by atoms with Crippen LogP contribution in [0.5, 0.6) is 0 Å². The highest BCUT2D eigenvalue weighted by atomic mass is 32.1. The normalized spacial score (nSPS) is 17.7. The van der Waals surface area contributed by atoms with E-state index in [1.807, 2.05) is 59.3 Å². The third-order valence-electron chi connectivity index (χ3n) is 5.68. The van der Waals surface area contributed by atoms with Crippen molar-refractivity contribution in [1.29, 1.82) is 0 Å². The third-order valence-corrected chi connectivity index (χ3v) is 6.03. The summed E-state index contributed by atoms with van der Waals surface area (Å²) in [5.74, 6) is 0. The van der Waals surface area contributed by atoms with Gasteiger partial charge in [-0.3, -0.25) is 20.1 Å². The molecule has 0 aliphatic carbocycles. The summed E-state index contributed by atoms with van der Waals surface area (Å²) < 4.78 is 2.03. The Kier molecular flexibility index (Phi) is 5.54. The molecular formula is C24H20N6O2S. The standard InChI is InChI=1S/C24H20N6O2S/c31-30(32)19-11-9-18(10-12-19)28-15-5-8-21(28)23-22(20-7-2-4-14-26-20)27-24(33)29(23)16-17-6-1-3-13-25-17/h1-15,22-23H,16H2,(H,27,33)/t22-,23+/m0/s1. The van der Waals surface area contributed by atoms with Crippen LogP contribution in [0, 0.1) is 10.1 Å². The van der Waals surface area contributed by atoms with Crippen molar-refractivity contribution in [3.63, 3.8) is 0 Å². The van der Waals surface area contributed by atoms with Crippen LogP contribution in [0.1, 0.15) is 29.2 Å². The van der Waals surface area contributed by atoms with Crippen LogP contribution in [0.2, 0.25) is 0 Å². The monoisotopic (exact) mass is 456 g/mol. The first kappa shape index (κ1) is 20.8. The Balaban J connectivity index is 1.58. The van der Waals surface area contributed by atoms with Crippen LogP contribution >= 0.6 is 12.2 Å². The fourth-order valence-corrected chi connectivity index (χ4v) is 4.47. The lowest BCUT2D eigenvalue weighted by Crippen LogP contribution is -2.30. The maximum atomic E-state index is 11.1. The van der Waals surface area contributed by atoms with E-state index in [1.165, 1.54) is 12.1 Å². The van der Waals surface area contributed by atoms with Crippen molar-refractivity contribution in [2.75, 3.05) is 0 Å². The fourth-order valence-electron chi connectivity index (χ4n) is 4.17. The van der Waals surface area contributed by atoms with Crippen molar-refractivity contribution in [3.05, 3.63) is 119 Å². The van der Waals surface area contributed by atoms with E-state index in [4.69, 9.17) is 12.2 Å². The first-order valence-electron chi connectivity index (χ1n) is 10.4. The molecule has 33 heavy (non-hydrogen) atoms. The van der Waals surface area contributed by atoms with Gasteiger partial charge in [-0.2, -0.15) is 0 Å². The smallest absolute Gasteiger partial charge is 0.269 e. The van der Waals surface area contributed by atoms with Crippen LogP contribution in [0.15, 0.2) is 91.4 Å². The van der Waals surface area contributed by atoms with E-state index in [-0.39, 0.29) is 17.8 Å². The molecule has 5 rings (SSSR count). The maximum Gasteiger partial charge on any atom is 0.269 e. The van der Waals surface area contributed by atoms with Crippen LogP contribution in [0.3, 0.4) is 0 Å². The average Bonchev–Trinajstić information content (AvgIpc) is 3.45. The third kappa shape index (κ3) is 4.06. The maximum absolute atomic E-state index is 11.1. The summed E-state index contributed by atoms with van der Waals surface area (Å²) in [7, 11) is 0. The van der Waals surface area contributed by atoms with E-state index in [0.29, 0.717) is 11.7 Å². The van der Waals surface area contributed by atoms with Crippen molar-refractivity contribution in [2.45, 2.75) is 18.6 Å². The minimum absolute atomic E-state index is 0.0549. The zero-order chi connectivity index (χ0) is 22.8. The molecule has 1 saturated heterocycles. The molecule has 3 aromatic heterocycles. The number of benzene rings is 1. The molecule has 8 nitrogen and oxygen atoms in total. The Hall–Kier alpha value is -4.11. The topological polar surface area (TPSA) is 89.1 Å². The van der Waals surface area contributed by atoms with E-state index >= 15 is 0 Å². The number of thiocarbonyl (C=S) groups is 1. The van der Waals surface area contributed by atoms with Gasteiger partial charge in [-0.15, -0.1) is 0 Å². The predicted molar refractivity (Wildman–Crippen MR) is 128 cm³/mol. The molecule has 164 valence electrons. The number of nitrogens with one attached hydrogen (secondary N) is 1. The molecule has 0 radical (unpaired) electrons. The van der Waals surface area contributed by atoms with Crippen LogP contribution in [0.25, 0.3) is 5.69 Å². The highest BCUT2D eigenvalue weighted by Gasteiger charge is 2.41. The molecular weight excluding hydrogens is 436 g/mol. The highest BCUT2D eigenvalue weighted by molar-refractivity contribution is 7.80. The molecule has 0 bridgehead atoms. The number of nitrogens with zero attached hydrogens (tertiary/aromatic N) is 5. The van der Waals surface area contributed by atoms with Gasteiger partial charge >= 0.3 is 0 Å². The summed E-state index contributed by atoms with van der Waals surface area (Å²) in [6, 6.07) is 21.8. The van der Waals surface area contributed by atoms with Crippen molar-refractivity contribution in [1.82, 2.24) is 24.8 Å². The summed E-state index contributed by atoms with van der Waals surface area (Å²) in [4.78, 5) is 21.9. The van der Waals surface area contributed by atoms with Crippen molar-refractivity contribution < 1.29 is 4.92 Å². The van der Waals surface area contributed by atoms with Crippen LogP contribution in [0.4, 0.5) is 5.69 Å². The Morgan fingerprint density at radius 3 is 2.39 bits per heavy atom. The molecule has 1 aliphatic heterocycles. The zero-order valence-corrected chi connectivity index (χ0v) is 18.3. The number of hydrogen-bond acceptors (Lipinski definition) is 5. The lowest BCUT2D eigenvalue weighted by molar-refractivity contribution is -0.384. The number of rotatable bonds is 6. The lowest BCUT2D eigenvalue weighted by Gasteiger charge is -2.28. The zero-order valence-electron chi connectivity index (χ0n) is 17.5. The van der Waals surface area contributed by atoms with Gasteiger partial charge in [0.05, 0.1) is 34.9 Å². The lowest BCUT2D eigenvalue weighted by atomic mass is 10.0. The molecule has 0 saturated carbocycles. The van der Waals surface area contributed by atoms with Gasteiger partial charge in [-0.1, -0.05) is 12.1 Å². The highest BCUT2D eigenvalue weighted by Crippen LogP contribution is 2.40. The largest absolute Gasteiger partial charge is 0.352 e. The molecule has 1 aromatic carbocycles. The summed E-state index contributed by atoms with van der Waals surface area (Å²) in [5, 5.41) is 15.2. The molecule has 4 heterocycles. The first-order chi connectivity index (χ1) is 16.1. The second kappa shape index (κ2) is 8.79. The number of nitro benzene ring substituents is 1. The number of nitro groups is 1. The quantitative estimate of drug-likeness (QED) is 0.262. The summed E-state index contributed by atoms with van der Waals surface area (Å²) in [6.07, 6.45) is 5.49. The minimum atomic E-state index is -0.397. The Bertz CT molecular complexity index is 1280. The second-order valence-corrected chi connectivity index (χ2v) is 8.04. The van der Waals surface area contributed by atoms with E-state index in [0.717, 1.165) is 22.8 Å². The van der Waals surface area contributed by atoms with Crippen LogP contribution < -0.4 is 5.32 Å². The van der Waals surface area contributed by atoms with Gasteiger partial charge in [0, 0.05) is 42.1 Å². The van der Waals surface area contributed by atoms with Gasteiger partial charge in [0.2, 0.25) is 0 Å². The molecule has 0 spiro atoms. The van der Waals surface area contributed by atoms with Crippen molar-refractivity contribution in [3.8, 4) is 5.69 Å². The summed E-state index contributed by atoms with van der Waals surface area (Å²) in [5.41, 5.74) is 3.66. The van der Waals surface area contributed by atoms with E-state index in [2.05, 4.69) is 20.2 Å². The molecule has 0 amide bonds. The second-order valence-electron chi connectivity index (χ2n) is 7.65. The van der Waals surface area contributed by atoms with Crippen LogP contribution in [-0.4, -0.2) is 29.5 Å². The first-order valence-corrected chi connectivity index (χ1v) is 10.8. The van der Waals surface area contributed by atoms with Gasteiger partial charge in [-0.05, 0) is 60.7 Å². The molecule has 1 aliphatic rings. The average molecular weight is 457 g/mol. The minimum Gasteiger partial charge on any atom is -0.352 e. The van der Waals surface area contributed by atoms with Gasteiger partial charge in [0.25, 0.3) is 5.69 Å². The fraction of sp³-hybridized carbons (Fsp3) is 0.125. The van der Waals surface area contributed by atoms with Gasteiger partial charge in [-0.25, -0.2) is 0 Å². The van der Waals surface area contributed by atoms with Crippen LogP contribution in [-0.2, 0) is 6.54 Å². The SMILES string of the molecule is O=[N+]([O-])c1ccc(-n2cccc2[C@@H]2[C@H](c3ccccn3)NC(=S)N2Cc2ccccn2)cc1. The Labute approximate surface area is 195 Å². The number of hydrogen-bond donors (Lipinski definition) is 1. The predicted octanol–water partition coefficient (Wildman–Crippen LogP) is 4.35. The van der Waals surface area contributed by atoms with Gasteiger partial charge in [0.15, 0.2) is 5.11 Å². The van der Waals surface area contributed by atoms with Crippen molar-refractivity contribution >= 4 is 23.0 Å². The van der Waals surface area contributed by atoms with Crippen molar-refractivity contribution in [2.24, 2.45) is 0 Å². The molecule has 1 fully saturated rings. The van der Waals surface area contributed by atoms with E-state index in [1.54, 1.807) is 24.5 Å². The molecule has 1 N–H and O–H groups in total. The number of aromatic nitrogens is 3. The summed E-state index contributed by atoms with van der Waals surface area (Å²) >= 11 is 5.75.